The summed E-state index contributed by atoms with van der Waals surface area (Å²) in [4.78, 5) is 23.7. The van der Waals surface area contributed by atoms with Crippen LogP contribution >= 0.6 is 15.9 Å². The van der Waals surface area contributed by atoms with Gasteiger partial charge in [0.2, 0.25) is 5.91 Å². The number of carbonyl (C=O) groups excluding carboxylic acids is 2. The van der Waals surface area contributed by atoms with E-state index in [1.54, 1.807) is 30.3 Å². The zero-order valence-corrected chi connectivity index (χ0v) is 15.2. The lowest BCUT2D eigenvalue weighted by atomic mass is 10.1. The van der Waals surface area contributed by atoms with Crippen LogP contribution in [0.1, 0.15) is 15.9 Å². The van der Waals surface area contributed by atoms with Crippen LogP contribution in [0.15, 0.2) is 53.0 Å². The maximum absolute atomic E-state index is 12.4. The normalized spacial score (nSPS) is 10.8. The second-order valence-electron chi connectivity index (χ2n) is 5.04. The van der Waals surface area contributed by atoms with E-state index in [1.165, 1.54) is 31.3 Å². The number of nitrogens with one attached hydrogen (secondary N) is 2. The fourth-order valence-corrected chi connectivity index (χ4v) is 2.46. The third-order valence-corrected chi connectivity index (χ3v) is 3.71. The lowest BCUT2D eigenvalue weighted by Crippen LogP contribution is -2.18. The van der Waals surface area contributed by atoms with Gasteiger partial charge in [0, 0.05) is 34.4 Å². The van der Waals surface area contributed by atoms with Gasteiger partial charge in [-0.1, -0.05) is 22.0 Å². The highest BCUT2D eigenvalue weighted by molar-refractivity contribution is 9.10. The van der Waals surface area contributed by atoms with Gasteiger partial charge in [-0.2, -0.15) is 8.78 Å². The molecule has 0 heterocycles. The maximum Gasteiger partial charge on any atom is 0.387 e. The van der Waals surface area contributed by atoms with E-state index in [0.29, 0.717) is 21.3 Å². The first-order chi connectivity index (χ1) is 12.4. The molecule has 0 aromatic heterocycles. The predicted molar refractivity (Wildman–Crippen MR) is 98.3 cm³/mol. The molecule has 0 aliphatic heterocycles. The van der Waals surface area contributed by atoms with Crippen molar-refractivity contribution in [1.29, 1.82) is 0 Å². The van der Waals surface area contributed by atoms with Crippen LogP contribution in [0.4, 0.5) is 14.5 Å². The van der Waals surface area contributed by atoms with Crippen molar-refractivity contribution in [3.05, 3.63) is 64.1 Å². The number of benzene rings is 2. The molecule has 0 bridgehead atoms. The minimum atomic E-state index is -2.97. The number of alkyl halides is 2. The molecule has 2 aromatic carbocycles. The highest BCUT2D eigenvalue weighted by Gasteiger charge is 2.09. The van der Waals surface area contributed by atoms with Crippen molar-refractivity contribution in [2.24, 2.45) is 0 Å². The Balaban J connectivity index is 2.13. The number of hydrogen-bond acceptors (Lipinski definition) is 3. The molecule has 2 amide bonds. The summed E-state index contributed by atoms with van der Waals surface area (Å²) in [5.41, 5.74) is 1.14. The quantitative estimate of drug-likeness (QED) is 0.687. The van der Waals surface area contributed by atoms with E-state index < -0.39 is 12.5 Å². The van der Waals surface area contributed by atoms with Gasteiger partial charge in [-0.3, -0.25) is 9.59 Å². The summed E-state index contributed by atoms with van der Waals surface area (Å²) in [5.74, 6) is -0.810. The number of amides is 2. The topological polar surface area (TPSA) is 67.4 Å². The molecular weight excluding hydrogens is 410 g/mol. The Labute approximate surface area is 157 Å². The van der Waals surface area contributed by atoms with Gasteiger partial charge < -0.3 is 15.4 Å². The first-order valence-electron chi connectivity index (χ1n) is 7.44. The summed E-state index contributed by atoms with van der Waals surface area (Å²) in [6.07, 6.45) is 2.55. The summed E-state index contributed by atoms with van der Waals surface area (Å²) >= 11 is 3.24. The summed E-state index contributed by atoms with van der Waals surface area (Å²) in [6, 6.07) is 10.9. The second kappa shape index (κ2) is 9.10. The highest BCUT2D eigenvalue weighted by Crippen LogP contribution is 2.26. The van der Waals surface area contributed by atoms with Crippen LogP contribution in [-0.4, -0.2) is 25.5 Å². The molecule has 0 unspecified atom stereocenters. The Bertz CT molecular complexity index is 841. The van der Waals surface area contributed by atoms with Gasteiger partial charge in [-0.15, -0.1) is 0 Å². The second-order valence-corrected chi connectivity index (χ2v) is 5.96. The van der Waals surface area contributed by atoms with E-state index in [0.717, 1.165) is 0 Å². The van der Waals surface area contributed by atoms with E-state index >= 15 is 0 Å². The lowest BCUT2D eigenvalue weighted by molar-refractivity contribution is -0.111. The molecule has 8 heteroatoms. The Kier molecular flexibility index (Phi) is 6.85. The molecular formula is C18H15BrF2N2O3. The van der Waals surface area contributed by atoms with E-state index in [2.05, 4.69) is 31.3 Å². The monoisotopic (exact) mass is 424 g/mol. The fourth-order valence-electron chi connectivity index (χ4n) is 2.08. The molecule has 0 saturated carbocycles. The molecule has 0 fully saturated rings. The van der Waals surface area contributed by atoms with Crippen molar-refractivity contribution in [3.63, 3.8) is 0 Å². The zero-order valence-electron chi connectivity index (χ0n) is 13.6. The van der Waals surface area contributed by atoms with Gasteiger partial charge in [0.05, 0.1) is 0 Å². The van der Waals surface area contributed by atoms with Crippen molar-refractivity contribution in [2.45, 2.75) is 6.61 Å². The third-order valence-electron chi connectivity index (χ3n) is 3.22. The first-order valence-corrected chi connectivity index (χ1v) is 8.24. The van der Waals surface area contributed by atoms with Crippen LogP contribution in [0.2, 0.25) is 0 Å². The number of carbonyl (C=O) groups is 2. The third kappa shape index (κ3) is 5.66. The average Bonchev–Trinajstić information content (AvgIpc) is 2.61. The predicted octanol–water partition coefficient (Wildman–Crippen LogP) is 4.06. The number of hydrogen-bond donors (Lipinski definition) is 2. The molecule has 136 valence electrons. The van der Waals surface area contributed by atoms with Crippen LogP contribution in [-0.2, 0) is 4.79 Å². The van der Waals surface area contributed by atoms with Crippen LogP contribution in [0.5, 0.6) is 5.75 Å². The largest absolute Gasteiger partial charge is 0.434 e. The van der Waals surface area contributed by atoms with Gasteiger partial charge in [-0.05, 0) is 42.5 Å². The molecule has 26 heavy (non-hydrogen) atoms. The summed E-state index contributed by atoms with van der Waals surface area (Å²) in [5, 5.41) is 5.09. The zero-order chi connectivity index (χ0) is 19.1. The molecule has 5 nitrogen and oxygen atoms in total. The Morgan fingerprint density at radius 3 is 2.65 bits per heavy atom. The number of anilines is 1. The molecule has 2 aromatic rings. The molecule has 0 spiro atoms. The van der Waals surface area contributed by atoms with E-state index in [1.807, 2.05) is 0 Å². The Morgan fingerprint density at radius 1 is 1.19 bits per heavy atom. The van der Waals surface area contributed by atoms with Crippen molar-refractivity contribution in [1.82, 2.24) is 5.32 Å². The minimum absolute atomic E-state index is 0.0473. The van der Waals surface area contributed by atoms with E-state index in [4.69, 9.17) is 0 Å². The van der Waals surface area contributed by atoms with Crippen molar-refractivity contribution in [2.75, 3.05) is 12.4 Å². The maximum atomic E-state index is 12.4. The molecule has 0 atom stereocenters. The molecule has 2 N–H and O–H groups in total. The van der Waals surface area contributed by atoms with Crippen LogP contribution in [0.3, 0.4) is 0 Å². The van der Waals surface area contributed by atoms with E-state index in [-0.39, 0.29) is 11.7 Å². The smallest absolute Gasteiger partial charge is 0.387 e. The number of halogens is 3. The minimum Gasteiger partial charge on any atom is -0.434 e. The van der Waals surface area contributed by atoms with Gasteiger partial charge in [0.1, 0.15) is 5.75 Å². The molecule has 0 aliphatic rings. The van der Waals surface area contributed by atoms with Crippen LogP contribution in [0, 0.1) is 0 Å². The van der Waals surface area contributed by atoms with Crippen molar-refractivity contribution >= 4 is 39.5 Å². The Hall–Kier alpha value is -2.74. The summed E-state index contributed by atoms with van der Waals surface area (Å²) in [7, 11) is 1.51. The van der Waals surface area contributed by atoms with Gasteiger partial charge in [0.15, 0.2) is 0 Å². The molecule has 0 aliphatic carbocycles. The highest BCUT2D eigenvalue weighted by atomic mass is 79.9. The van der Waals surface area contributed by atoms with Gasteiger partial charge in [-0.25, -0.2) is 0 Å². The van der Waals surface area contributed by atoms with Crippen LogP contribution < -0.4 is 15.4 Å². The summed E-state index contributed by atoms with van der Waals surface area (Å²) in [6.45, 7) is -2.97. The van der Waals surface area contributed by atoms with Crippen molar-refractivity contribution in [3.8, 4) is 5.75 Å². The van der Waals surface area contributed by atoms with E-state index in [9.17, 15) is 18.4 Å². The molecule has 0 saturated heterocycles. The summed E-state index contributed by atoms with van der Waals surface area (Å²) < 4.78 is 30.0. The average molecular weight is 425 g/mol. The first kappa shape index (κ1) is 19.6. The van der Waals surface area contributed by atoms with Crippen molar-refractivity contribution < 1.29 is 23.1 Å². The number of rotatable bonds is 6. The fraction of sp³-hybridized carbons (Fsp3) is 0.111. The van der Waals surface area contributed by atoms with Gasteiger partial charge >= 0.3 is 6.61 Å². The van der Waals surface area contributed by atoms with Crippen LogP contribution in [0.25, 0.3) is 6.08 Å². The standard InChI is InChI=1S/C18H15BrF2N2O3/c1-22-17(25)12-3-2-4-14(10-12)23-16(24)8-5-11-9-13(19)6-7-15(11)26-18(20)21/h2-10,18H,1H3,(H,22,25)(H,23,24)/b8-5+. The lowest BCUT2D eigenvalue weighted by Gasteiger charge is -2.08. The Morgan fingerprint density at radius 2 is 1.96 bits per heavy atom. The SMILES string of the molecule is CNC(=O)c1cccc(NC(=O)/C=C/c2cc(Br)ccc2OC(F)F)c1. The molecule has 2 rings (SSSR count). The molecule has 0 radical (unpaired) electrons. The number of ether oxygens (including phenoxy) is 1. The van der Waals surface area contributed by atoms with Gasteiger partial charge in [0.25, 0.3) is 5.91 Å².